The SMILES string of the molecule is CCC(=NNC(=O)CSc1nc2sc3c(c2c(=O)n1-c1ccc(Cl)cc1)CCCC3)c1ccc(O)cc1. The summed E-state index contributed by atoms with van der Waals surface area (Å²) in [6.07, 6.45) is 4.66. The van der Waals surface area contributed by atoms with Crippen LogP contribution < -0.4 is 11.0 Å². The number of aromatic nitrogens is 2. The molecule has 1 amide bonds. The molecular weight excluding hydrogens is 528 g/mol. The smallest absolute Gasteiger partial charge is 0.267 e. The van der Waals surface area contributed by atoms with E-state index in [9.17, 15) is 14.7 Å². The number of hydrogen-bond donors (Lipinski definition) is 2. The normalized spacial score (nSPS) is 13.5. The lowest BCUT2D eigenvalue weighted by molar-refractivity contribution is -0.118. The summed E-state index contributed by atoms with van der Waals surface area (Å²) in [5, 5.41) is 15.5. The van der Waals surface area contributed by atoms with Gasteiger partial charge < -0.3 is 5.11 Å². The number of halogens is 1. The first-order valence-corrected chi connectivity index (χ1v) is 14.2. The van der Waals surface area contributed by atoms with Crippen LogP contribution >= 0.6 is 34.7 Å². The summed E-state index contributed by atoms with van der Waals surface area (Å²) in [4.78, 5) is 33.3. The maximum absolute atomic E-state index is 13.8. The van der Waals surface area contributed by atoms with Gasteiger partial charge in [-0.25, -0.2) is 10.4 Å². The van der Waals surface area contributed by atoms with E-state index >= 15 is 0 Å². The van der Waals surface area contributed by atoms with Gasteiger partial charge in [0.05, 0.1) is 22.5 Å². The van der Waals surface area contributed by atoms with Crippen molar-refractivity contribution >= 4 is 56.5 Å². The quantitative estimate of drug-likeness (QED) is 0.132. The maximum Gasteiger partial charge on any atom is 0.267 e. The van der Waals surface area contributed by atoms with Crippen molar-refractivity contribution in [2.45, 2.75) is 44.2 Å². The number of hydrogen-bond acceptors (Lipinski definition) is 7. The lowest BCUT2D eigenvalue weighted by atomic mass is 9.97. The van der Waals surface area contributed by atoms with Crippen LogP contribution in [0.1, 0.15) is 42.2 Å². The third-order valence-electron chi connectivity index (χ3n) is 6.23. The zero-order valence-electron chi connectivity index (χ0n) is 20.2. The highest BCUT2D eigenvalue weighted by Gasteiger charge is 2.23. The van der Waals surface area contributed by atoms with E-state index in [-0.39, 0.29) is 23.0 Å². The van der Waals surface area contributed by atoms with Gasteiger partial charge in [-0.05, 0) is 91.8 Å². The number of carbonyl (C=O) groups is 1. The first kappa shape index (κ1) is 25.5. The molecule has 0 aliphatic heterocycles. The highest BCUT2D eigenvalue weighted by Crippen LogP contribution is 2.35. The van der Waals surface area contributed by atoms with Gasteiger partial charge in [-0.2, -0.15) is 5.10 Å². The molecule has 0 saturated carbocycles. The summed E-state index contributed by atoms with van der Waals surface area (Å²) >= 11 is 8.88. The molecule has 2 aromatic heterocycles. The van der Waals surface area contributed by atoms with Crippen LogP contribution in [0.15, 0.2) is 63.6 Å². The minimum atomic E-state index is -0.308. The van der Waals surface area contributed by atoms with Crippen LogP contribution in [0.5, 0.6) is 5.75 Å². The van der Waals surface area contributed by atoms with E-state index in [1.807, 2.05) is 6.92 Å². The average molecular weight is 553 g/mol. The molecule has 0 atom stereocenters. The number of hydrazone groups is 1. The Morgan fingerprint density at radius 3 is 2.62 bits per heavy atom. The van der Waals surface area contributed by atoms with Crippen LogP contribution in [0.2, 0.25) is 5.02 Å². The van der Waals surface area contributed by atoms with E-state index in [2.05, 4.69) is 10.5 Å². The average Bonchev–Trinajstić information content (AvgIpc) is 3.28. The Labute approximate surface area is 227 Å². The van der Waals surface area contributed by atoms with Crippen molar-refractivity contribution in [2.24, 2.45) is 5.10 Å². The molecule has 0 bridgehead atoms. The molecule has 10 heteroatoms. The molecule has 0 saturated heterocycles. The Morgan fingerprint density at radius 1 is 1.16 bits per heavy atom. The fourth-order valence-corrected chi connectivity index (χ4v) is 6.63. The predicted molar refractivity (Wildman–Crippen MR) is 151 cm³/mol. The number of nitrogens with one attached hydrogen (secondary N) is 1. The van der Waals surface area contributed by atoms with Crippen LogP contribution in [-0.4, -0.2) is 32.0 Å². The topological polar surface area (TPSA) is 96.6 Å². The summed E-state index contributed by atoms with van der Waals surface area (Å²) in [5.74, 6) is -0.105. The number of rotatable bonds is 7. The summed E-state index contributed by atoms with van der Waals surface area (Å²) in [6.45, 7) is 1.94. The second-order valence-corrected chi connectivity index (χ2v) is 11.1. The molecule has 1 aliphatic rings. The second kappa shape index (κ2) is 11.1. The summed E-state index contributed by atoms with van der Waals surface area (Å²) in [5.41, 5.74) is 5.78. The van der Waals surface area contributed by atoms with E-state index < -0.39 is 0 Å². The van der Waals surface area contributed by atoms with Crippen molar-refractivity contribution in [1.82, 2.24) is 15.0 Å². The molecule has 0 radical (unpaired) electrons. The highest BCUT2D eigenvalue weighted by molar-refractivity contribution is 7.99. The Kier molecular flexibility index (Phi) is 7.64. The van der Waals surface area contributed by atoms with Crippen molar-refractivity contribution in [2.75, 3.05) is 5.75 Å². The molecule has 4 aromatic rings. The Morgan fingerprint density at radius 2 is 1.89 bits per heavy atom. The Balaban J connectivity index is 1.44. The minimum absolute atomic E-state index is 0.0344. The van der Waals surface area contributed by atoms with Crippen LogP contribution in [0.4, 0.5) is 0 Å². The van der Waals surface area contributed by atoms with Gasteiger partial charge in [0.1, 0.15) is 10.6 Å². The van der Waals surface area contributed by atoms with Gasteiger partial charge in [0.2, 0.25) is 0 Å². The van der Waals surface area contributed by atoms with Gasteiger partial charge in [-0.3, -0.25) is 14.2 Å². The number of aromatic hydroxyl groups is 1. The van der Waals surface area contributed by atoms with Gasteiger partial charge >= 0.3 is 0 Å². The van der Waals surface area contributed by atoms with Gasteiger partial charge in [0, 0.05) is 9.90 Å². The van der Waals surface area contributed by atoms with Crippen molar-refractivity contribution in [3.05, 3.63) is 79.9 Å². The Hall–Kier alpha value is -3.14. The van der Waals surface area contributed by atoms with E-state index in [0.717, 1.165) is 41.6 Å². The molecule has 0 spiro atoms. The number of phenols is 1. The zero-order chi connectivity index (χ0) is 25.9. The summed E-state index contributed by atoms with van der Waals surface area (Å²) < 4.78 is 1.58. The lowest BCUT2D eigenvalue weighted by Crippen LogP contribution is -2.25. The number of fused-ring (bicyclic) bond motifs is 3. The highest BCUT2D eigenvalue weighted by atomic mass is 35.5. The van der Waals surface area contributed by atoms with Crippen LogP contribution in [0, 0.1) is 0 Å². The monoisotopic (exact) mass is 552 g/mol. The second-order valence-electron chi connectivity index (χ2n) is 8.68. The molecule has 5 rings (SSSR count). The van der Waals surface area contributed by atoms with E-state index in [0.29, 0.717) is 33.4 Å². The number of amides is 1. The van der Waals surface area contributed by atoms with Gasteiger partial charge in [-0.1, -0.05) is 30.3 Å². The first-order valence-electron chi connectivity index (χ1n) is 12.1. The standard InChI is InChI=1S/C27H25ClN4O3S2/c1-2-21(16-7-13-19(33)14-8-16)30-31-23(34)15-36-27-29-25-24(20-5-3-4-6-22(20)37-25)26(35)32(27)18-11-9-17(28)10-12-18/h7-14,33H,2-6,15H2,1H3,(H,31,34). The van der Waals surface area contributed by atoms with Crippen LogP contribution in [-0.2, 0) is 17.6 Å². The van der Waals surface area contributed by atoms with Crippen LogP contribution in [0.25, 0.3) is 15.9 Å². The van der Waals surface area contributed by atoms with E-state index in [4.69, 9.17) is 16.6 Å². The van der Waals surface area contributed by atoms with Gasteiger partial charge in [0.25, 0.3) is 11.5 Å². The molecular formula is C27H25ClN4O3S2. The number of carbonyl (C=O) groups excluding carboxylic acids is 1. The summed E-state index contributed by atoms with van der Waals surface area (Å²) in [6, 6.07) is 13.7. The van der Waals surface area contributed by atoms with Crippen molar-refractivity contribution in [3.8, 4) is 11.4 Å². The molecule has 0 unspecified atom stereocenters. The van der Waals surface area contributed by atoms with Crippen LogP contribution in [0.3, 0.4) is 0 Å². The molecule has 37 heavy (non-hydrogen) atoms. The van der Waals surface area contributed by atoms with Crippen molar-refractivity contribution in [1.29, 1.82) is 0 Å². The number of benzene rings is 2. The predicted octanol–water partition coefficient (Wildman–Crippen LogP) is 5.71. The Bertz CT molecular complexity index is 1540. The molecule has 2 N–H and O–H groups in total. The van der Waals surface area contributed by atoms with Crippen molar-refractivity contribution < 1.29 is 9.90 Å². The van der Waals surface area contributed by atoms with Crippen molar-refractivity contribution in [3.63, 3.8) is 0 Å². The molecule has 7 nitrogen and oxygen atoms in total. The molecule has 2 aromatic carbocycles. The van der Waals surface area contributed by atoms with Gasteiger partial charge in [-0.15, -0.1) is 11.3 Å². The zero-order valence-corrected chi connectivity index (χ0v) is 22.6. The minimum Gasteiger partial charge on any atom is -0.508 e. The molecule has 1 aliphatic carbocycles. The fraction of sp³-hybridized carbons (Fsp3) is 0.259. The number of aryl methyl sites for hydroxylation is 2. The summed E-state index contributed by atoms with van der Waals surface area (Å²) in [7, 11) is 0. The van der Waals surface area contributed by atoms with E-state index in [1.54, 1.807) is 64.4 Å². The number of thiophene rings is 1. The van der Waals surface area contributed by atoms with Gasteiger partial charge in [0.15, 0.2) is 5.16 Å². The number of thioether (sulfide) groups is 1. The maximum atomic E-state index is 13.8. The third kappa shape index (κ3) is 5.44. The molecule has 190 valence electrons. The first-order chi connectivity index (χ1) is 17.9. The van der Waals surface area contributed by atoms with E-state index in [1.165, 1.54) is 16.6 Å². The molecule has 2 heterocycles. The number of nitrogens with zero attached hydrogens (tertiary/aromatic N) is 3. The largest absolute Gasteiger partial charge is 0.508 e. The molecule has 0 fully saturated rings. The number of phenolic OH excluding ortho intramolecular Hbond substituents is 1. The fourth-order valence-electron chi connectivity index (χ4n) is 4.39. The third-order valence-corrected chi connectivity index (χ3v) is 8.60. The lowest BCUT2D eigenvalue weighted by Gasteiger charge is -2.13.